The van der Waals surface area contributed by atoms with Crippen LogP contribution in [0.3, 0.4) is 0 Å². The first-order chi connectivity index (χ1) is 10.0. The van der Waals surface area contributed by atoms with Crippen LogP contribution in [0, 0.1) is 0 Å². The molecule has 1 amide bonds. The molecule has 2 rings (SSSR count). The van der Waals surface area contributed by atoms with Gasteiger partial charge in [-0.25, -0.2) is 4.79 Å². The van der Waals surface area contributed by atoms with Crippen molar-refractivity contribution in [1.82, 2.24) is 0 Å². The van der Waals surface area contributed by atoms with E-state index in [1.807, 2.05) is 62.4 Å². The van der Waals surface area contributed by atoms with Crippen molar-refractivity contribution in [2.24, 2.45) is 0 Å². The standard InChI is InChI=1S/C17H20N2O2/c1-12(2)21-17(20)19-16-9-5-14(6-10-16)11-13-3-7-15(18)8-4-13/h3-10,12H,11,18H2,1-2H3,(H,19,20). The highest BCUT2D eigenvalue weighted by atomic mass is 16.6. The number of hydrogen-bond acceptors (Lipinski definition) is 3. The highest BCUT2D eigenvalue weighted by Crippen LogP contribution is 2.15. The number of nitrogens with one attached hydrogen (secondary N) is 1. The highest BCUT2D eigenvalue weighted by Gasteiger charge is 2.05. The van der Waals surface area contributed by atoms with E-state index in [4.69, 9.17) is 10.5 Å². The zero-order valence-corrected chi connectivity index (χ0v) is 12.3. The summed E-state index contributed by atoms with van der Waals surface area (Å²) in [6.45, 7) is 3.63. The Morgan fingerprint density at radius 1 is 1.05 bits per heavy atom. The summed E-state index contributed by atoms with van der Waals surface area (Å²) in [6, 6.07) is 15.5. The van der Waals surface area contributed by atoms with Crippen molar-refractivity contribution in [3.63, 3.8) is 0 Å². The Morgan fingerprint density at radius 3 is 2.10 bits per heavy atom. The van der Waals surface area contributed by atoms with Gasteiger partial charge in [0.15, 0.2) is 0 Å². The SMILES string of the molecule is CC(C)OC(=O)Nc1ccc(Cc2ccc(N)cc2)cc1. The molecule has 0 fully saturated rings. The van der Waals surface area contributed by atoms with E-state index >= 15 is 0 Å². The summed E-state index contributed by atoms with van der Waals surface area (Å²) in [5.74, 6) is 0. The maximum atomic E-state index is 11.5. The Bertz CT molecular complexity index is 589. The van der Waals surface area contributed by atoms with Gasteiger partial charge in [-0.2, -0.15) is 0 Å². The molecule has 21 heavy (non-hydrogen) atoms. The van der Waals surface area contributed by atoms with E-state index in [0.29, 0.717) is 0 Å². The first-order valence-corrected chi connectivity index (χ1v) is 6.94. The third-order valence-electron chi connectivity index (χ3n) is 2.93. The fourth-order valence-electron chi connectivity index (χ4n) is 1.94. The lowest BCUT2D eigenvalue weighted by Crippen LogP contribution is -2.17. The first-order valence-electron chi connectivity index (χ1n) is 6.94. The van der Waals surface area contributed by atoms with E-state index in [9.17, 15) is 4.79 Å². The first kappa shape index (κ1) is 14.9. The predicted octanol–water partition coefficient (Wildman–Crippen LogP) is 3.82. The van der Waals surface area contributed by atoms with E-state index in [0.717, 1.165) is 17.8 Å². The van der Waals surface area contributed by atoms with Crippen LogP contribution >= 0.6 is 0 Å². The molecule has 0 atom stereocenters. The summed E-state index contributed by atoms with van der Waals surface area (Å²) >= 11 is 0. The van der Waals surface area contributed by atoms with Crippen LogP contribution < -0.4 is 11.1 Å². The Kier molecular flexibility index (Phi) is 4.82. The van der Waals surface area contributed by atoms with Gasteiger partial charge in [-0.3, -0.25) is 5.32 Å². The molecule has 0 spiro atoms. The van der Waals surface area contributed by atoms with Gasteiger partial charge in [-0.1, -0.05) is 24.3 Å². The number of nitrogens with two attached hydrogens (primary N) is 1. The molecular weight excluding hydrogens is 264 g/mol. The van der Waals surface area contributed by atoms with E-state index in [2.05, 4.69) is 5.32 Å². The molecule has 0 saturated heterocycles. The number of hydrogen-bond donors (Lipinski definition) is 2. The second kappa shape index (κ2) is 6.79. The van der Waals surface area contributed by atoms with E-state index in [1.165, 1.54) is 11.1 Å². The third kappa shape index (κ3) is 4.84. The van der Waals surface area contributed by atoms with Crippen LogP contribution in [0.5, 0.6) is 0 Å². The van der Waals surface area contributed by atoms with Crippen LogP contribution in [-0.4, -0.2) is 12.2 Å². The van der Waals surface area contributed by atoms with Crippen molar-refractivity contribution in [2.45, 2.75) is 26.4 Å². The van der Waals surface area contributed by atoms with E-state index < -0.39 is 6.09 Å². The summed E-state index contributed by atoms with van der Waals surface area (Å²) in [5.41, 5.74) is 9.53. The maximum absolute atomic E-state index is 11.5. The lowest BCUT2D eigenvalue weighted by Gasteiger charge is -2.10. The lowest BCUT2D eigenvalue weighted by molar-refractivity contribution is 0.130. The molecule has 0 unspecified atom stereocenters. The average molecular weight is 284 g/mol. The van der Waals surface area contributed by atoms with Gasteiger partial charge in [0, 0.05) is 11.4 Å². The quantitative estimate of drug-likeness (QED) is 0.839. The predicted molar refractivity (Wildman–Crippen MR) is 85.3 cm³/mol. The third-order valence-corrected chi connectivity index (χ3v) is 2.93. The number of amides is 1. The summed E-state index contributed by atoms with van der Waals surface area (Å²) in [6.07, 6.45) is 0.267. The summed E-state index contributed by atoms with van der Waals surface area (Å²) in [4.78, 5) is 11.5. The van der Waals surface area contributed by atoms with Crippen LogP contribution in [0.15, 0.2) is 48.5 Å². The Hall–Kier alpha value is -2.49. The number of ether oxygens (including phenoxy) is 1. The number of benzene rings is 2. The van der Waals surface area contributed by atoms with Gasteiger partial charge < -0.3 is 10.5 Å². The number of rotatable bonds is 4. The second-order valence-electron chi connectivity index (χ2n) is 5.19. The maximum Gasteiger partial charge on any atom is 0.411 e. The Balaban J connectivity index is 1.95. The molecule has 0 saturated carbocycles. The Labute approximate surface area is 124 Å². The van der Waals surface area contributed by atoms with Gasteiger partial charge in [-0.05, 0) is 55.7 Å². The monoisotopic (exact) mass is 284 g/mol. The summed E-state index contributed by atoms with van der Waals surface area (Å²) in [5, 5.41) is 2.69. The molecule has 0 aromatic heterocycles. The smallest absolute Gasteiger partial charge is 0.411 e. The molecular formula is C17H20N2O2. The largest absolute Gasteiger partial charge is 0.447 e. The summed E-state index contributed by atoms with van der Waals surface area (Å²) in [7, 11) is 0. The van der Waals surface area contributed by atoms with Crippen molar-refractivity contribution in [3.8, 4) is 0 Å². The van der Waals surface area contributed by atoms with Crippen molar-refractivity contribution in [1.29, 1.82) is 0 Å². The average Bonchev–Trinajstić information content (AvgIpc) is 2.42. The summed E-state index contributed by atoms with van der Waals surface area (Å²) < 4.78 is 5.03. The molecule has 0 aliphatic rings. The molecule has 2 aromatic carbocycles. The molecule has 2 aromatic rings. The normalized spacial score (nSPS) is 10.4. The number of carbonyl (C=O) groups excluding carboxylic acids is 1. The molecule has 4 nitrogen and oxygen atoms in total. The van der Waals surface area contributed by atoms with Gasteiger partial charge in [-0.15, -0.1) is 0 Å². The van der Waals surface area contributed by atoms with E-state index in [1.54, 1.807) is 0 Å². The molecule has 3 N–H and O–H groups in total. The van der Waals surface area contributed by atoms with Gasteiger partial charge in [0.05, 0.1) is 6.10 Å². The molecule has 0 bridgehead atoms. The minimum absolute atomic E-state index is 0.130. The number of carbonyl (C=O) groups is 1. The van der Waals surface area contributed by atoms with Crippen LogP contribution in [0.4, 0.5) is 16.2 Å². The second-order valence-corrected chi connectivity index (χ2v) is 5.19. The fourth-order valence-corrected chi connectivity index (χ4v) is 1.94. The number of nitrogen functional groups attached to an aromatic ring is 1. The van der Waals surface area contributed by atoms with Crippen LogP contribution in [0.25, 0.3) is 0 Å². The minimum Gasteiger partial charge on any atom is -0.447 e. The topological polar surface area (TPSA) is 64.3 Å². The van der Waals surface area contributed by atoms with E-state index in [-0.39, 0.29) is 6.10 Å². The van der Waals surface area contributed by atoms with Gasteiger partial charge >= 0.3 is 6.09 Å². The van der Waals surface area contributed by atoms with Gasteiger partial charge in [0.25, 0.3) is 0 Å². The molecule has 110 valence electrons. The molecule has 0 aliphatic heterocycles. The minimum atomic E-state index is -0.434. The zero-order valence-electron chi connectivity index (χ0n) is 12.3. The number of anilines is 2. The molecule has 0 aliphatic carbocycles. The van der Waals surface area contributed by atoms with Crippen LogP contribution in [-0.2, 0) is 11.2 Å². The molecule has 4 heteroatoms. The van der Waals surface area contributed by atoms with Crippen LogP contribution in [0.2, 0.25) is 0 Å². The fraction of sp³-hybridized carbons (Fsp3) is 0.235. The van der Waals surface area contributed by atoms with Crippen LogP contribution in [0.1, 0.15) is 25.0 Å². The molecule has 0 radical (unpaired) electrons. The van der Waals surface area contributed by atoms with Crippen molar-refractivity contribution >= 4 is 17.5 Å². The molecule has 0 heterocycles. The zero-order chi connectivity index (χ0) is 15.2. The highest BCUT2D eigenvalue weighted by molar-refractivity contribution is 5.84. The van der Waals surface area contributed by atoms with Gasteiger partial charge in [0.1, 0.15) is 0 Å². The van der Waals surface area contributed by atoms with Crippen molar-refractivity contribution in [3.05, 3.63) is 59.7 Å². The van der Waals surface area contributed by atoms with Gasteiger partial charge in [0.2, 0.25) is 0 Å². The Morgan fingerprint density at radius 2 is 1.57 bits per heavy atom. The van der Waals surface area contributed by atoms with Crippen molar-refractivity contribution < 1.29 is 9.53 Å². The van der Waals surface area contributed by atoms with Crippen molar-refractivity contribution in [2.75, 3.05) is 11.1 Å². The lowest BCUT2D eigenvalue weighted by atomic mass is 10.0.